The Balaban J connectivity index is 2.21. The van der Waals surface area contributed by atoms with Crippen molar-refractivity contribution in [1.29, 1.82) is 0 Å². The van der Waals surface area contributed by atoms with Crippen LogP contribution < -0.4 is 0 Å². The summed E-state index contributed by atoms with van der Waals surface area (Å²) >= 11 is 0. The Hall–Kier alpha value is -0.920. The maximum Gasteiger partial charge on any atom is 0.282 e. The standard InChI is InChI=1S/C14H20O9S2/c1-8-3-5-9(6-4-8)25(19,20)24(18)23-13-12(17)11(16)10(7-15)22-14(13)21-2/h3-6,10-17H,7H2,1-2H3/t10-,11-,12+,13-,14+,24?/m1/s1. The summed E-state index contributed by atoms with van der Waals surface area (Å²) in [6.07, 6.45) is -7.26. The van der Waals surface area contributed by atoms with Crippen LogP contribution in [0.3, 0.4) is 0 Å². The van der Waals surface area contributed by atoms with E-state index in [-0.39, 0.29) is 4.90 Å². The molecule has 1 unspecified atom stereocenters. The normalized spacial score (nSPS) is 31.6. The smallest absolute Gasteiger partial charge is 0.282 e. The van der Waals surface area contributed by atoms with Gasteiger partial charge in [-0.1, -0.05) is 17.7 Å². The molecule has 0 amide bonds. The second-order valence-corrected chi connectivity index (χ2v) is 9.59. The number of aliphatic hydroxyl groups excluding tert-OH is 3. The molecule has 1 saturated heterocycles. The molecule has 0 aromatic heterocycles. The van der Waals surface area contributed by atoms with E-state index in [0.29, 0.717) is 0 Å². The molecule has 0 aliphatic carbocycles. The van der Waals surface area contributed by atoms with Gasteiger partial charge >= 0.3 is 0 Å². The van der Waals surface area contributed by atoms with Crippen LogP contribution in [0.4, 0.5) is 0 Å². The predicted octanol–water partition coefficient (Wildman–Crippen LogP) is -1.18. The minimum atomic E-state index is -4.35. The number of aliphatic hydroxyl groups is 3. The van der Waals surface area contributed by atoms with Crippen molar-refractivity contribution in [1.82, 2.24) is 0 Å². The minimum absolute atomic E-state index is 0.217. The van der Waals surface area contributed by atoms with E-state index < -0.39 is 56.3 Å². The monoisotopic (exact) mass is 396 g/mol. The molecular formula is C14H20O9S2. The molecule has 2 rings (SSSR count). The zero-order chi connectivity index (χ0) is 18.8. The highest BCUT2D eigenvalue weighted by atomic mass is 33.2. The van der Waals surface area contributed by atoms with Crippen molar-refractivity contribution in [3.8, 4) is 0 Å². The van der Waals surface area contributed by atoms with E-state index in [2.05, 4.69) is 0 Å². The Morgan fingerprint density at radius 1 is 1.20 bits per heavy atom. The molecule has 0 radical (unpaired) electrons. The SMILES string of the molecule is CO[C@H]1O[C@H](CO)[C@@H](O)[C@H](O)[C@H]1OS(=O)S(=O)(=O)c1ccc(C)cc1. The van der Waals surface area contributed by atoms with Crippen molar-refractivity contribution < 1.29 is 41.6 Å². The van der Waals surface area contributed by atoms with Crippen molar-refractivity contribution in [2.45, 2.75) is 42.5 Å². The Kier molecular flexibility index (Phi) is 6.68. The first kappa shape index (κ1) is 20.4. The van der Waals surface area contributed by atoms with Gasteiger partial charge in [-0.05, 0) is 19.1 Å². The number of hydrogen-bond donors (Lipinski definition) is 3. The molecule has 0 spiro atoms. The first-order valence-electron chi connectivity index (χ1n) is 7.28. The number of rotatable bonds is 6. The largest absolute Gasteiger partial charge is 0.394 e. The number of benzene rings is 1. The average molecular weight is 396 g/mol. The van der Waals surface area contributed by atoms with Crippen LogP contribution in [0.5, 0.6) is 0 Å². The van der Waals surface area contributed by atoms with Crippen molar-refractivity contribution in [2.75, 3.05) is 13.7 Å². The molecule has 0 saturated carbocycles. The molecule has 1 aliphatic heterocycles. The van der Waals surface area contributed by atoms with Crippen LogP contribution in [0.15, 0.2) is 29.2 Å². The summed E-state index contributed by atoms with van der Waals surface area (Å²) < 4.78 is 52.0. The quantitative estimate of drug-likeness (QED) is 0.507. The Morgan fingerprint density at radius 2 is 1.80 bits per heavy atom. The minimum Gasteiger partial charge on any atom is -0.394 e. The predicted molar refractivity (Wildman–Crippen MR) is 86.1 cm³/mol. The van der Waals surface area contributed by atoms with Crippen LogP contribution in [-0.4, -0.2) is 72.4 Å². The molecule has 3 N–H and O–H groups in total. The van der Waals surface area contributed by atoms with Gasteiger partial charge in [0.25, 0.3) is 19.0 Å². The summed E-state index contributed by atoms with van der Waals surface area (Å²) in [6, 6.07) is 5.64. The molecule has 1 fully saturated rings. The lowest BCUT2D eigenvalue weighted by molar-refractivity contribution is -0.287. The Morgan fingerprint density at radius 3 is 2.32 bits per heavy atom. The van der Waals surface area contributed by atoms with Gasteiger partial charge < -0.3 is 24.8 Å². The summed E-state index contributed by atoms with van der Waals surface area (Å²) in [5.41, 5.74) is 0.819. The summed E-state index contributed by atoms with van der Waals surface area (Å²) in [5, 5.41) is 29.1. The van der Waals surface area contributed by atoms with Gasteiger partial charge in [0.1, 0.15) is 18.3 Å². The van der Waals surface area contributed by atoms with Crippen LogP contribution in [0.1, 0.15) is 5.56 Å². The van der Waals surface area contributed by atoms with Gasteiger partial charge in [0.05, 0.1) is 11.5 Å². The highest BCUT2D eigenvalue weighted by Crippen LogP contribution is 2.27. The van der Waals surface area contributed by atoms with E-state index in [0.717, 1.165) is 5.56 Å². The lowest BCUT2D eigenvalue weighted by atomic mass is 9.99. The fraction of sp³-hybridized carbons (Fsp3) is 0.571. The lowest BCUT2D eigenvalue weighted by Crippen LogP contribution is -2.60. The molecule has 9 nitrogen and oxygen atoms in total. The van der Waals surface area contributed by atoms with Gasteiger partial charge in [-0.15, -0.1) is 0 Å². The average Bonchev–Trinajstić information content (AvgIpc) is 2.59. The zero-order valence-electron chi connectivity index (χ0n) is 13.5. The number of ether oxygens (including phenoxy) is 2. The second kappa shape index (κ2) is 8.18. The highest BCUT2D eigenvalue weighted by molar-refractivity contribution is 8.62. The molecule has 1 heterocycles. The zero-order valence-corrected chi connectivity index (χ0v) is 15.1. The van der Waals surface area contributed by atoms with Crippen LogP contribution >= 0.6 is 0 Å². The molecule has 6 atom stereocenters. The molecule has 1 aromatic carbocycles. The van der Waals surface area contributed by atoms with E-state index in [1.165, 1.54) is 31.4 Å². The molecule has 142 valence electrons. The van der Waals surface area contributed by atoms with Crippen molar-refractivity contribution in [2.24, 2.45) is 0 Å². The molecule has 1 aliphatic rings. The third-order valence-electron chi connectivity index (χ3n) is 3.74. The van der Waals surface area contributed by atoms with Gasteiger partial charge in [0.2, 0.25) is 0 Å². The van der Waals surface area contributed by atoms with Crippen LogP contribution in [-0.2, 0) is 32.6 Å². The summed E-state index contributed by atoms with van der Waals surface area (Å²) in [4.78, 5) is -0.217. The number of aryl methyl sites for hydroxylation is 1. The van der Waals surface area contributed by atoms with Gasteiger partial charge in [-0.2, -0.15) is 0 Å². The molecule has 1 aromatic rings. The van der Waals surface area contributed by atoms with Crippen molar-refractivity contribution >= 4 is 19.0 Å². The van der Waals surface area contributed by atoms with E-state index in [1.807, 2.05) is 0 Å². The van der Waals surface area contributed by atoms with Crippen molar-refractivity contribution in [3.63, 3.8) is 0 Å². The fourth-order valence-corrected chi connectivity index (χ4v) is 4.78. The van der Waals surface area contributed by atoms with Crippen LogP contribution in [0, 0.1) is 6.92 Å². The van der Waals surface area contributed by atoms with Crippen LogP contribution in [0.2, 0.25) is 0 Å². The van der Waals surface area contributed by atoms with Crippen molar-refractivity contribution in [3.05, 3.63) is 29.8 Å². The molecule has 0 bridgehead atoms. The highest BCUT2D eigenvalue weighted by Gasteiger charge is 2.47. The van der Waals surface area contributed by atoms with Gasteiger partial charge in [0, 0.05) is 7.11 Å². The molecule has 25 heavy (non-hydrogen) atoms. The molecule has 11 heteroatoms. The maximum absolute atomic E-state index is 12.3. The number of methoxy groups -OCH3 is 1. The first-order valence-corrected chi connectivity index (χ1v) is 10.4. The first-order chi connectivity index (χ1) is 11.7. The Labute approximate surface area is 147 Å². The summed E-state index contributed by atoms with van der Waals surface area (Å²) in [5.74, 6) is 0. The summed E-state index contributed by atoms with van der Waals surface area (Å²) in [6.45, 7) is 1.16. The van der Waals surface area contributed by atoms with Gasteiger partial charge in [-0.3, -0.25) is 4.18 Å². The van der Waals surface area contributed by atoms with Crippen LogP contribution in [0.25, 0.3) is 0 Å². The second-order valence-electron chi connectivity index (χ2n) is 5.47. The Bertz CT molecular complexity index is 702. The molecular weight excluding hydrogens is 376 g/mol. The number of hydrogen-bond acceptors (Lipinski definition) is 9. The third kappa shape index (κ3) is 4.26. The van der Waals surface area contributed by atoms with E-state index in [1.54, 1.807) is 6.92 Å². The fourth-order valence-electron chi connectivity index (χ4n) is 2.27. The summed E-state index contributed by atoms with van der Waals surface area (Å²) in [7, 11) is -6.04. The van der Waals surface area contributed by atoms with E-state index in [4.69, 9.17) is 18.8 Å². The maximum atomic E-state index is 12.3. The topological polar surface area (TPSA) is 140 Å². The lowest BCUT2D eigenvalue weighted by Gasteiger charge is -2.40. The van der Waals surface area contributed by atoms with E-state index in [9.17, 15) is 22.8 Å². The van der Waals surface area contributed by atoms with Gasteiger partial charge in [-0.25, -0.2) is 12.6 Å². The third-order valence-corrected chi connectivity index (χ3v) is 7.21. The van der Waals surface area contributed by atoms with E-state index >= 15 is 0 Å². The van der Waals surface area contributed by atoms with Gasteiger partial charge in [0.15, 0.2) is 12.4 Å².